The average molecular weight is 301 g/mol. The molecule has 2 rings (SSSR count). The van der Waals surface area contributed by atoms with Crippen LogP contribution in [0, 0.1) is 10.1 Å². The highest BCUT2D eigenvalue weighted by Crippen LogP contribution is 2.31. The van der Waals surface area contributed by atoms with E-state index in [1.807, 2.05) is 0 Å². The molecule has 0 radical (unpaired) electrons. The van der Waals surface area contributed by atoms with Crippen LogP contribution in [-0.4, -0.2) is 20.9 Å². The van der Waals surface area contributed by atoms with Crippen LogP contribution in [0.4, 0.5) is 5.69 Å². The predicted octanol–water partition coefficient (Wildman–Crippen LogP) is 2.32. The van der Waals surface area contributed by atoms with Crippen molar-refractivity contribution in [1.29, 1.82) is 0 Å². The molecule has 6 nitrogen and oxygen atoms in total. The van der Waals surface area contributed by atoms with Gasteiger partial charge in [0.15, 0.2) is 11.4 Å². The summed E-state index contributed by atoms with van der Waals surface area (Å²) in [5.74, 6) is -0.492. The second-order valence-corrected chi connectivity index (χ2v) is 5.11. The van der Waals surface area contributed by atoms with Gasteiger partial charge >= 0.3 is 0 Å². The van der Waals surface area contributed by atoms with Gasteiger partial charge in [-0.2, -0.15) is 0 Å². The lowest BCUT2D eigenvalue weighted by Crippen LogP contribution is -2.34. The molecule has 0 fully saturated rings. The minimum Gasteiger partial charge on any atom is -0.508 e. The fourth-order valence-corrected chi connectivity index (χ4v) is 2.17. The molecule has 1 unspecified atom stereocenters. The first-order chi connectivity index (χ1) is 10.3. The molecule has 22 heavy (non-hydrogen) atoms. The zero-order valence-electron chi connectivity index (χ0n) is 11.9. The molecule has 6 heteroatoms. The summed E-state index contributed by atoms with van der Waals surface area (Å²) >= 11 is 0. The molecule has 0 aliphatic heterocycles. The molecule has 2 aromatic carbocycles. The number of para-hydroxylation sites is 1. The number of aromatic hydroxyl groups is 1. The van der Waals surface area contributed by atoms with Gasteiger partial charge in [-0.15, -0.1) is 0 Å². The number of ketones is 1. The molecule has 0 saturated carbocycles. The highest BCUT2D eigenvalue weighted by Gasteiger charge is 2.37. The van der Waals surface area contributed by atoms with E-state index in [4.69, 9.17) is 0 Å². The molecule has 0 heterocycles. The molecule has 114 valence electrons. The van der Waals surface area contributed by atoms with Crippen molar-refractivity contribution < 1.29 is 19.9 Å². The Kier molecular flexibility index (Phi) is 4.23. The molecule has 0 spiro atoms. The number of rotatable bonds is 5. The molecule has 1 atom stereocenters. The largest absolute Gasteiger partial charge is 0.508 e. The first-order valence-electron chi connectivity index (χ1n) is 6.60. The maximum atomic E-state index is 12.4. The second-order valence-electron chi connectivity index (χ2n) is 5.11. The first kappa shape index (κ1) is 15.7. The van der Waals surface area contributed by atoms with Crippen LogP contribution in [0.1, 0.15) is 18.1 Å². The predicted molar refractivity (Wildman–Crippen MR) is 79.5 cm³/mol. The molecule has 0 saturated heterocycles. The van der Waals surface area contributed by atoms with Crippen molar-refractivity contribution in [3.05, 3.63) is 69.8 Å². The van der Waals surface area contributed by atoms with Crippen LogP contribution in [0.2, 0.25) is 0 Å². The molecular weight excluding hydrogens is 286 g/mol. The van der Waals surface area contributed by atoms with E-state index in [0.717, 1.165) is 0 Å². The number of phenolic OH excluding ortho intramolecular Hbond substituents is 1. The van der Waals surface area contributed by atoms with Crippen LogP contribution >= 0.6 is 0 Å². The Morgan fingerprint density at radius 1 is 1.18 bits per heavy atom. The third-order valence-electron chi connectivity index (χ3n) is 3.47. The van der Waals surface area contributed by atoms with E-state index in [-0.39, 0.29) is 23.4 Å². The summed E-state index contributed by atoms with van der Waals surface area (Å²) in [7, 11) is 0. The Labute approximate surface area is 126 Å². The van der Waals surface area contributed by atoms with Gasteiger partial charge in [-0.1, -0.05) is 24.3 Å². The van der Waals surface area contributed by atoms with Gasteiger partial charge in [0.2, 0.25) is 0 Å². The van der Waals surface area contributed by atoms with Gasteiger partial charge in [0.05, 0.1) is 10.5 Å². The van der Waals surface area contributed by atoms with Gasteiger partial charge in [0.25, 0.3) is 5.69 Å². The maximum absolute atomic E-state index is 12.4. The van der Waals surface area contributed by atoms with Crippen molar-refractivity contribution in [1.82, 2.24) is 0 Å². The number of phenols is 1. The van der Waals surface area contributed by atoms with Crippen LogP contribution in [0.3, 0.4) is 0 Å². The summed E-state index contributed by atoms with van der Waals surface area (Å²) in [4.78, 5) is 22.8. The summed E-state index contributed by atoms with van der Waals surface area (Å²) in [6.07, 6.45) is -0.0979. The smallest absolute Gasteiger partial charge is 0.275 e. The molecule has 0 bridgehead atoms. The Morgan fingerprint density at radius 3 is 2.36 bits per heavy atom. The highest BCUT2D eigenvalue weighted by atomic mass is 16.6. The fourth-order valence-electron chi connectivity index (χ4n) is 2.17. The van der Waals surface area contributed by atoms with E-state index in [9.17, 15) is 25.1 Å². The van der Waals surface area contributed by atoms with Gasteiger partial charge in [0, 0.05) is 12.5 Å². The molecular formula is C16H15NO5. The fraction of sp³-hybridized carbons (Fsp3) is 0.188. The van der Waals surface area contributed by atoms with Gasteiger partial charge in [-0.25, -0.2) is 0 Å². The van der Waals surface area contributed by atoms with Gasteiger partial charge in [-0.05, 0) is 30.7 Å². The summed E-state index contributed by atoms with van der Waals surface area (Å²) in [5.41, 5.74) is -1.71. The van der Waals surface area contributed by atoms with Crippen LogP contribution in [0.5, 0.6) is 5.75 Å². The Bertz CT molecular complexity index is 707. The van der Waals surface area contributed by atoms with Crippen molar-refractivity contribution in [2.75, 3.05) is 0 Å². The number of benzene rings is 2. The van der Waals surface area contributed by atoms with Crippen molar-refractivity contribution >= 4 is 11.5 Å². The summed E-state index contributed by atoms with van der Waals surface area (Å²) in [6.45, 7) is 1.25. The molecule has 0 aromatic heterocycles. The minimum atomic E-state index is -1.97. The Morgan fingerprint density at radius 2 is 1.77 bits per heavy atom. The molecule has 0 amide bonds. The minimum absolute atomic E-state index is 0.0382. The van der Waals surface area contributed by atoms with Crippen LogP contribution in [0.15, 0.2) is 48.5 Å². The molecule has 0 aliphatic rings. The van der Waals surface area contributed by atoms with Crippen LogP contribution < -0.4 is 0 Å². The SMILES string of the molecule is CC(O)(C(=O)Cc1ccc(O)cc1)c1ccccc1[N+](=O)[O-]. The number of carbonyl (C=O) groups excluding carboxylic acids is 1. The normalized spacial score (nSPS) is 13.4. The summed E-state index contributed by atoms with van der Waals surface area (Å²) < 4.78 is 0. The van der Waals surface area contributed by atoms with Crippen molar-refractivity contribution in [2.45, 2.75) is 18.9 Å². The van der Waals surface area contributed by atoms with E-state index in [1.165, 1.54) is 43.3 Å². The highest BCUT2D eigenvalue weighted by molar-refractivity contribution is 5.90. The topological polar surface area (TPSA) is 101 Å². The van der Waals surface area contributed by atoms with Crippen molar-refractivity contribution in [3.8, 4) is 5.75 Å². The number of nitro benzene ring substituents is 1. The lowest BCUT2D eigenvalue weighted by molar-refractivity contribution is -0.386. The Balaban J connectivity index is 2.31. The molecule has 2 aromatic rings. The summed E-state index contributed by atoms with van der Waals surface area (Å²) in [5, 5.41) is 30.8. The number of hydrogen-bond donors (Lipinski definition) is 2. The standard InChI is InChI=1S/C16H15NO5/c1-16(20,13-4-2-3-5-14(13)17(21)22)15(19)10-11-6-8-12(18)9-7-11/h2-9,18,20H,10H2,1H3. The second kappa shape index (κ2) is 5.95. The zero-order valence-corrected chi connectivity index (χ0v) is 11.9. The van der Waals surface area contributed by atoms with E-state index in [0.29, 0.717) is 5.56 Å². The number of carbonyl (C=O) groups is 1. The third-order valence-corrected chi connectivity index (χ3v) is 3.47. The molecule has 2 N–H and O–H groups in total. The number of nitrogens with zero attached hydrogens (tertiary/aromatic N) is 1. The van der Waals surface area contributed by atoms with Crippen molar-refractivity contribution in [2.24, 2.45) is 0 Å². The lowest BCUT2D eigenvalue weighted by atomic mass is 9.87. The number of aliphatic hydroxyl groups is 1. The quantitative estimate of drug-likeness (QED) is 0.652. The number of hydrogen-bond acceptors (Lipinski definition) is 5. The number of nitro groups is 1. The van der Waals surface area contributed by atoms with Crippen molar-refractivity contribution in [3.63, 3.8) is 0 Å². The zero-order chi connectivity index (χ0) is 16.3. The summed E-state index contributed by atoms with van der Waals surface area (Å²) in [6, 6.07) is 11.6. The van der Waals surface area contributed by atoms with E-state index < -0.39 is 16.3 Å². The van der Waals surface area contributed by atoms with Gasteiger partial charge in [-0.3, -0.25) is 14.9 Å². The Hall–Kier alpha value is -2.73. The van der Waals surface area contributed by atoms with E-state index >= 15 is 0 Å². The third kappa shape index (κ3) is 3.12. The lowest BCUT2D eigenvalue weighted by Gasteiger charge is -2.22. The average Bonchev–Trinajstić information content (AvgIpc) is 2.49. The maximum Gasteiger partial charge on any atom is 0.275 e. The van der Waals surface area contributed by atoms with Crippen LogP contribution in [-0.2, 0) is 16.8 Å². The number of Topliss-reactive ketones (excluding diaryl/α,β-unsaturated/α-hetero) is 1. The molecule has 0 aliphatic carbocycles. The van der Waals surface area contributed by atoms with E-state index in [2.05, 4.69) is 0 Å². The van der Waals surface area contributed by atoms with Gasteiger partial charge < -0.3 is 10.2 Å². The monoisotopic (exact) mass is 301 g/mol. The van der Waals surface area contributed by atoms with Gasteiger partial charge in [0.1, 0.15) is 5.75 Å². The van der Waals surface area contributed by atoms with Crippen LogP contribution in [0.25, 0.3) is 0 Å². The first-order valence-corrected chi connectivity index (χ1v) is 6.60. The van der Waals surface area contributed by atoms with E-state index in [1.54, 1.807) is 12.1 Å².